The number of hydrogen-bond donors (Lipinski definition) is 3. The number of nitrogens with zero attached hydrogens (tertiary/aromatic N) is 2. The third-order valence-electron chi connectivity index (χ3n) is 6.27. The van der Waals surface area contributed by atoms with Crippen LogP contribution in [0.3, 0.4) is 0 Å². The number of carbonyl (C=O) groups is 1. The zero-order valence-electron chi connectivity index (χ0n) is 18.5. The van der Waals surface area contributed by atoms with Crippen molar-refractivity contribution >= 4 is 45.7 Å². The quantitative estimate of drug-likeness (QED) is 0.557. The van der Waals surface area contributed by atoms with Gasteiger partial charge >= 0.3 is 0 Å². The molecule has 2 N–H and O–H groups in total. The van der Waals surface area contributed by atoms with Crippen LogP contribution in [0.4, 0.5) is 11.4 Å². The minimum Gasteiger partial charge on any atom is -0.381 e. The molecule has 2 aromatic rings. The molecule has 0 aromatic heterocycles. The first-order valence-corrected chi connectivity index (χ1v) is 12.3. The summed E-state index contributed by atoms with van der Waals surface area (Å²) in [5, 5.41) is 11.9. The number of thiol groups is 1. The number of amides is 1. The molecular weight excluding hydrogens is 464 g/mol. The van der Waals surface area contributed by atoms with Gasteiger partial charge in [-0.3, -0.25) is 15.1 Å². The van der Waals surface area contributed by atoms with Crippen LogP contribution in [-0.2, 0) is 26.0 Å². The lowest BCUT2D eigenvalue weighted by atomic mass is 9.85. The highest BCUT2D eigenvalue weighted by atomic mass is 35.5. The van der Waals surface area contributed by atoms with E-state index in [1.807, 2.05) is 19.1 Å². The van der Waals surface area contributed by atoms with Gasteiger partial charge in [-0.1, -0.05) is 41.9 Å². The molecule has 2 saturated heterocycles. The molecule has 176 valence electrons. The van der Waals surface area contributed by atoms with Crippen LogP contribution in [0.1, 0.15) is 37.3 Å². The lowest BCUT2D eigenvalue weighted by Crippen LogP contribution is -2.62. The van der Waals surface area contributed by atoms with Crippen molar-refractivity contribution in [2.45, 2.75) is 44.7 Å². The summed E-state index contributed by atoms with van der Waals surface area (Å²) < 4.78 is 31.1. The first-order chi connectivity index (χ1) is 15.7. The number of rotatable bonds is 5. The van der Waals surface area contributed by atoms with Crippen LogP contribution in [-0.4, -0.2) is 44.4 Å². The van der Waals surface area contributed by atoms with Crippen molar-refractivity contribution < 1.29 is 17.9 Å². The van der Waals surface area contributed by atoms with E-state index in [0.717, 1.165) is 5.56 Å². The van der Waals surface area contributed by atoms with Crippen LogP contribution >= 0.6 is 11.6 Å². The summed E-state index contributed by atoms with van der Waals surface area (Å²) in [7, 11) is -3.03. The fourth-order valence-electron chi connectivity index (χ4n) is 4.59. The molecule has 33 heavy (non-hydrogen) atoms. The van der Waals surface area contributed by atoms with Crippen LogP contribution in [0.5, 0.6) is 0 Å². The van der Waals surface area contributed by atoms with Crippen LogP contribution in [0.25, 0.3) is 0 Å². The zero-order chi connectivity index (χ0) is 23.8. The summed E-state index contributed by atoms with van der Waals surface area (Å²) in [5.41, 5.74) is 1.18. The average Bonchev–Trinajstić information content (AvgIpc) is 2.76. The predicted octanol–water partition coefficient (Wildman–Crippen LogP) is 3.46. The monoisotopic (exact) mass is 490 g/mol. The second kappa shape index (κ2) is 9.32. The molecule has 8 nitrogen and oxygen atoms in total. The Bertz CT molecular complexity index is 1140. The Hall–Kier alpha value is -2.62. The van der Waals surface area contributed by atoms with Gasteiger partial charge in [-0.05, 0) is 49.9 Å². The largest absolute Gasteiger partial charge is 0.381 e. The van der Waals surface area contributed by atoms with E-state index in [4.69, 9.17) is 21.7 Å². The van der Waals surface area contributed by atoms with Crippen molar-refractivity contribution in [2.75, 3.05) is 17.5 Å². The second-order valence-electron chi connectivity index (χ2n) is 8.56. The third-order valence-corrected chi connectivity index (χ3v) is 7.43. The molecule has 1 atom stereocenters. The Balaban J connectivity index is 1.71. The number of benzene rings is 2. The van der Waals surface area contributed by atoms with E-state index < -0.39 is 16.4 Å². The Kier molecular flexibility index (Phi) is 6.65. The predicted molar refractivity (Wildman–Crippen MR) is 129 cm³/mol. The average molecular weight is 491 g/mol. The topological polar surface area (TPSA) is 103 Å². The second-order valence-corrected chi connectivity index (χ2v) is 9.82. The molecule has 0 radical (unpaired) electrons. The Morgan fingerprint density at radius 1 is 1.15 bits per heavy atom. The van der Waals surface area contributed by atoms with Gasteiger partial charge in [-0.25, -0.2) is 12.7 Å². The molecule has 2 fully saturated rings. The lowest BCUT2D eigenvalue weighted by Gasteiger charge is -2.45. The fourth-order valence-corrected chi connectivity index (χ4v) is 5.81. The van der Waals surface area contributed by atoms with E-state index in [9.17, 15) is 13.2 Å². The maximum atomic E-state index is 13.2. The van der Waals surface area contributed by atoms with Gasteiger partial charge in [-0.2, -0.15) is 0 Å². The highest BCUT2D eigenvalue weighted by molar-refractivity contribution is 7.74. The van der Waals surface area contributed by atoms with E-state index in [2.05, 4.69) is 5.32 Å². The number of halogens is 1. The fraction of sp³-hybridized carbons (Fsp3) is 0.391. The number of carbonyl (C=O) groups excluding carboxylic acids is 1. The highest BCUT2D eigenvalue weighted by Crippen LogP contribution is 2.41. The highest BCUT2D eigenvalue weighted by Gasteiger charge is 2.43. The normalized spacial score (nSPS) is 21.9. The molecule has 0 aliphatic carbocycles. The molecule has 2 aliphatic rings. The van der Waals surface area contributed by atoms with Crippen LogP contribution in [0, 0.1) is 12.3 Å². The van der Waals surface area contributed by atoms with Gasteiger partial charge in [0.1, 0.15) is 0 Å². The van der Waals surface area contributed by atoms with E-state index in [1.54, 1.807) is 37.3 Å². The summed E-state index contributed by atoms with van der Waals surface area (Å²) in [6.45, 7) is 4.76. The molecule has 2 aromatic carbocycles. The summed E-state index contributed by atoms with van der Waals surface area (Å²) >= 11 is 6.79. The van der Waals surface area contributed by atoms with Crippen LogP contribution < -0.4 is 9.62 Å². The van der Waals surface area contributed by atoms with Crippen molar-refractivity contribution in [3.8, 4) is 0 Å². The summed E-state index contributed by atoms with van der Waals surface area (Å²) in [5.74, 6) is -0.145. The van der Waals surface area contributed by atoms with Crippen molar-refractivity contribution in [2.24, 2.45) is 0 Å². The molecule has 0 bridgehead atoms. The van der Waals surface area contributed by atoms with Gasteiger partial charge < -0.3 is 10.1 Å². The summed E-state index contributed by atoms with van der Waals surface area (Å²) in [6, 6.07) is 12.2. The van der Waals surface area contributed by atoms with E-state index in [-0.39, 0.29) is 29.4 Å². The smallest absolute Gasteiger partial charge is 0.232 e. The van der Waals surface area contributed by atoms with Crippen LogP contribution in [0.15, 0.2) is 42.5 Å². The van der Waals surface area contributed by atoms with Gasteiger partial charge in [0.25, 0.3) is 0 Å². The SMILES string of the molecule is Cc1ccccc1N(c1cccc([C@]2(C)CC(=O)N(C3CCOCC3)C(=N)N2)c1Cl)[SH](=O)=O. The van der Waals surface area contributed by atoms with Crippen molar-refractivity contribution in [1.82, 2.24) is 10.2 Å². The number of aryl methyl sites for hydroxylation is 1. The molecule has 0 saturated carbocycles. The minimum atomic E-state index is -3.03. The first-order valence-electron chi connectivity index (χ1n) is 10.8. The van der Waals surface area contributed by atoms with Crippen LogP contribution in [0.2, 0.25) is 5.02 Å². The number of guanidine groups is 1. The first kappa shape index (κ1) is 23.5. The number of anilines is 2. The number of para-hydroxylation sites is 1. The third kappa shape index (κ3) is 4.45. The van der Waals surface area contributed by atoms with Gasteiger partial charge in [0.05, 0.1) is 28.4 Å². The van der Waals surface area contributed by atoms with Gasteiger partial charge in [0, 0.05) is 19.3 Å². The maximum Gasteiger partial charge on any atom is 0.232 e. The van der Waals surface area contributed by atoms with Gasteiger partial charge in [0.15, 0.2) is 5.96 Å². The summed E-state index contributed by atoms with van der Waals surface area (Å²) in [4.78, 5) is 14.7. The van der Waals surface area contributed by atoms with E-state index in [1.165, 1.54) is 9.21 Å². The summed E-state index contributed by atoms with van der Waals surface area (Å²) in [6.07, 6.45) is 1.46. The molecular formula is C23H27ClN4O4S. The maximum absolute atomic E-state index is 13.2. The van der Waals surface area contributed by atoms with Gasteiger partial charge in [-0.15, -0.1) is 0 Å². The van der Waals surface area contributed by atoms with Gasteiger partial charge in [0.2, 0.25) is 16.8 Å². The molecule has 10 heteroatoms. The zero-order valence-corrected chi connectivity index (χ0v) is 20.2. The molecule has 0 spiro atoms. The molecule has 0 unspecified atom stereocenters. The Morgan fingerprint density at radius 2 is 1.82 bits per heavy atom. The van der Waals surface area contributed by atoms with E-state index in [0.29, 0.717) is 43.0 Å². The molecule has 4 rings (SSSR count). The number of ether oxygens (including phenoxy) is 1. The molecule has 2 aliphatic heterocycles. The molecule has 2 heterocycles. The Morgan fingerprint density at radius 3 is 2.45 bits per heavy atom. The lowest BCUT2D eigenvalue weighted by molar-refractivity contribution is -0.133. The molecule has 1 amide bonds. The number of hydrogen-bond acceptors (Lipinski definition) is 5. The van der Waals surface area contributed by atoms with Crippen molar-refractivity contribution in [1.29, 1.82) is 5.41 Å². The standard InChI is InChI=1S/C23H27ClN4O4S/c1-15-6-3-4-8-18(15)28(33(30)31)19-9-5-7-17(21(19)24)23(2)14-20(29)27(22(25)26-23)16-10-12-32-13-11-16/h3-9,16,33H,10-14H2,1-2H3,(H2,25,26)/t23-/m0/s1. The number of nitrogens with one attached hydrogen (secondary N) is 2. The van der Waals surface area contributed by atoms with E-state index >= 15 is 0 Å². The Labute approximate surface area is 200 Å². The minimum absolute atomic E-state index is 0.0211. The van der Waals surface area contributed by atoms with Crippen molar-refractivity contribution in [3.05, 3.63) is 58.6 Å². The van der Waals surface area contributed by atoms with Crippen molar-refractivity contribution in [3.63, 3.8) is 0 Å².